The van der Waals surface area contributed by atoms with Gasteiger partial charge in [-0.15, -0.1) is 0 Å². The van der Waals surface area contributed by atoms with Crippen molar-refractivity contribution < 1.29 is 13.9 Å². The zero-order chi connectivity index (χ0) is 18.5. The van der Waals surface area contributed by atoms with E-state index >= 15 is 0 Å². The van der Waals surface area contributed by atoms with Crippen molar-refractivity contribution >= 4 is 16.9 Å². The highest BCUT2D eigenvalue weighted by Gasteiger charge is 2.23. The molecule has 0 bridgehead atoms. The summed E-state index contributed by atoms with van der Waals surface area (Å²) < 4.78 is 11.2. The summed E-state index contributed by atoms with van der Waals surface area (Å²) in [5.41, 5.74) is 2.58. The van der Waals surface area contributed by atoms with Gasteiger partial charge in [-0.2, -0.15) is 0 Å². The lowest BCUT2D eigenvalue weighted by molar-refractivity contribution is 0.0899. The van der Waals surface area contributed by atoms with Crippen molar-refractivity contribution in [2.24, 2.45) is 5.92 Å². The van der Waals surface area contributed by atoms with E-state index in [1.165, 1.54) is 0 Å². The van der Waals surface area contributed by atoms with Gasteiger partial charge in [-0.25, -0.2) is 0 Å². The zero-order valence-corrected chi connectivity index (χ0v) is 15.5. The summed E-state index contributed by atoms with van der Waals surface area (Å²) in [5, 5.41) is 4.07. The number of amides is 1. The van der Waals surface area contributed by atoms with Gasteiger partial charge in [-0.3, -0.25) is 4.79 Å². The number of para-hydroxylation sites is 1. The van der Waals surface area contributed by atoms with Crippen LogP contribution < -0.4 is 5.32 Å². The van der Waals surface area contributed by atoms with Crippen LogP contribution in [0.3, 0.4) is 0 Å². The summed E-state index contributed by atoms with van der Waals surface area (Å²) in [7, 11) is 1.62. The van der Waals surface area contributed by atoms with Gasteiger partial charge in [-0.05, 0) is 24.0 Å². The number of carbonyl (C=O) groups excluding carboxylic acids is 1. The Kier molecular flexibility index (Phi) is 5.74. The fourth-order valence-corrected chi connectivity index (χ4v) is 3.23. The van der Waals surface area contributed by atoms with E-state index in [2.05, 4.69) is 19.2 Å². The van der Waals surface area contributed by atoms with Crippen molar-refractivity contribution in [2.75, 3.05) is 7.11 Å². The van der Waals surface area contributed by atoms with Crippen molar-refractivity contribution in [3.8, 4) is 0 Å². The predicted molar refractivity (Wildman–Crippen MR) is 103 cm³/mol. The van der Waals surface area contributed by atoms with Crippen LogP contribution in [-0.2, 0) is 11.3 Å². The van der Waals surface area contributed by atoms with E-state index < -0.39 is 0 Å². The van der Waals surface area contributed by atoms with Crippen molar-refractivity contribution in [3.63, 3.8) is 0 Å². The Morgan fingerprint density at radius 2 is 1.77 bits per heavy atom. The number of nitrogens with one attached hydrogen (secondary N) is 1. The average Bonchev–Trinajstić information content (AvgIpc) is 3.01. The summed E-state index contributed by atoms with van der Waals surface area (Å²) in [6.07, 6.45) is 0.857. The van der Waals surface area contributed by atoms with Crippen LogP contribution in [0.25, 0.3) is 11.0 Å². The Labute approximate surface area is 154 Å². The monoisotopic (exact) mass is 351 g/mol. The highest BCUT2D eigenvalue weighted by Crippen LogP contribution is 2.28. The molecule has 1 amide bonds. The fourth-order valence-electron chi connectivity index (χ4n) is 3.23. The molecule has 26 heavy (non-hydrogen) atoms. The van der Waals surface area contributed by atoms with Crippen molar-refractivity contribution in [3.05, 3.63) is 71.5 Å². The minimum atomic E-state index is -0.206. The van der Waals surface area contributed by atoms with E-state index in [1.807, 2.05) is 54.6 Å². The van der Waals surface area contributed by atoms with E-state index in [9.17, 15) is 4.79 Å². The molecule has 0 aliphatic rings. The maximum atomic E-state index is 13.0. The quantitative estimate of drug-likeness (QED) is 0.644. The molecule has 0 saturated heterocycles. The molecule has 1 N–H and O–H groups in total. The highest BCUT2D eigenvalue weighted by atomic mass is 16.5. The first kappa shape index (κ1) is 18.2. The second-order valence-electron chi connectivity index (χ2n) is 6.91. The van der Waals surface area contributed by atoms with Crippen LogP contribution in [-0.4, -0.2) is 13.0 Å². The fraction of sp³-hybridized carbons (Fsp3) is 0.318. The van der Waals surface area contributed by atoms with Gasteiger partial charge in [0, 0.05) is 18.1 Å². The van der Waals surface area contributed by atoms with Gasteiger partial charge in [0.1, 0.15) is 5.58 Å². The number of benzene rings is 2. The van der Waals surface area contributed by atoms with Crippen molar-refractivity contribution in [2.45, 2.75) is 32.9 Å². The SMILES string of the molecule is COCc1c(C(=O)NC(CC(C)C)c2ccccc2)oc2ccccc12. The van der Waals surface area contributed by atoms with E-state index in [-0.39, 0.29) is 11.9 Å². The molecule has 1 atom stereocenters. The zero-order valence-electron chi connectivity index (χ0n) is 15.5. The highest BCUT2D eigenvalue weighted by molar-refractivity contribution is 5.99. The van der Waals surface area contributed by atoms with E-state index in [0.29, 0.717) is 23.9 Å². The number of furan rings is 1. The molecule has 1 heterocycles. The molecule has 3 aromatic rings. The number of carbonyl (C=O) groups is 1. The number of fused-ring (bicyclic) bond motifs is 1. The third-order valence-corrected chi connectivity index (χ3v) is 4.41. The second-order valence-corrected chi connectivity index (χ2v) is 6.91. The van der Waals surface area contributed by atoms with Gasteiger partial charge in [0.25, 0.3) is 5.91 Å². The van der Waals surface area contributed by atoms with Crippen molar-refractivity contribution in [1.29, 1.82) is 0 Å². The third kappa shape index (κ3) is 3.97. The Morgan fingerprint density at radius 1 is 1.08 bits per heavy atom. The molecule has 0 spiro atoms. The second kappa shape index (κ2) is 8.19. The minimum Gasteiger partial charge on any atom is -0.451 e. The lowest BCUT2D eigenvalue weighted by Gasteiger charge is -2.21. The average molecular weight is 351 g/mol. The molecule has 4 nitrogen and oxygen atoms in total. The minimum absolute atomic E-state index is 0.0627. The first-order chi connectivity index (χ1) is 12.6. The van der Waals surface area contributed by atoms with Crippen LogP contribution in [0, 0.1) is 5.92 Å². The molecule has 2 aromatic carbocycles. The number of hydrogen-bond donors (Lipinski definition) is 1. The normalized spacial score (nSPS) is 12.5. The largest absolute Gasteiger partial charge is 0.451 e. The van der Waals surface area contributed by atoms with Crippen molar-refractivity contribution in [1.82, 2.24) is 5.32 Å². The summed E-state index contributed by atoms with van der Waals surface area (Å²) >= 11 is 0. The van der Waals surface area contributed by atoms with E-state index in [1.54, 1.807) is 7.11 Å². The Balaban J connectivity index is 1.92. The first-order valence-electron chi connectivity index (χ1n) is 8.95. The molecule has 0 aliphatic carbocycles. The van der Waals surface area contributed by atoms with Crippen LogP contribution in [0.2, 0.25) is 0 Å². The summed E-state index contributed by atoms with van der Waals surface area (Å²) in [5.74, 6) is 0.579. The van der Waals surface area contributed by atoms with Crippen LogP contribution in [0.5, 0.6) is 0 Å². The molecular formula is C22H25NO3. The molecular weight excluding hydrogens is 326 g/mol. The summed E-state index contributed by atoms with van der Waals surface area (Å²) in [6.45, 7) is 4.64. The first-order valence-corrected chi connectivity index (χ1v) is 8.95. The number of hydrogen-bond acceptors (Lipinski definition) is 3. The van der Waals surface area contributed by atoms with E-state index in [4.69, 9.17) is 9.15 Å². The van der Waals surface area contributed by atoms with Gasteiger partial charge in [0.05, 0.1) is 12.6 Å². The molecule has 3 rings (SSSR count). The van der Waals surface area contributed by atoms with Crippen LogP contribution >= 0.6 is 0 Å². The van der Waals surface area contributed by atoms with Gasteiger partial charge in [0.15, 0.2) is 5.76 Å². The maximum absolute atomic E-state index is 13.0. The number of ether oxygens (including phenoxy) is 1. The number of rotatable bonds is 7. The van der Waals surface area contributed by atoms with Gasteiger partial charge < -0.3 is 14.5 Å². The lowest BCUT2D eigenvalue weighted by atomic mass is 9.97. The van der Waals surface area contributed by atoms with Gasteiger partial charge in [-0.1, -0.05) is 62.4 Å². The summed E-state index contributed by atoms with van der Waals surface area (Å²) in [4.78, 5) is 13.0. The van der Waals surface area contributed by atoms with Gasteiger partial charge in [0.2, 0.25) is 0 Å². The molecule has 136 valence electrons. The third-order valence-electron chi connectivity index (χ3n) is 4.41. The van der Waals surface area contributed by atoms with Gasteiger partial charge >= 0.3 is 0 Å². The standard InChI is InChI=1S/C22H25NO3/c1-15(2)13-19(16-9-5-4-6-10-16)23-22(24)21-18(14-25-3)17-11-7-8-12-20(17)26-21/h4-12,15,19H,13-14H2,1-3H3,(H,23,24). The number of methoxy groups -OCH3 is 1. The topological polar surface area (TPSA) is 51.5 Å². The van der Waals surface area contributed by atoms with Crippen LogP contribution in [0.1, 0.15) is 48.0 Å². The predicted octanol–water partition coefficient (Wildman–Crippen LogP) is 5.10. The molecule has 0 radical (unpaired) electrons. The molecule has 1 aromatic heterocycles. The van der Waals surface area contributed by atoms with E-state index in [0.717, 1.165) is 22.9 Å². The molecule has 1 unspecified atom stereocenters. The Morgan fingerprint density at radius 3 is 2.46 bits per heavy atom. The maximum Gasteiger partial charge on any atom is 0.287 e. The Hall–Kier alpha value is -2.59. The lowest BCUT2D eigenvalue weighted by Crippen LogP contribution is -2.30. The molecule has 4 heteroatoms. The molecule has 0 saturated carbocycles. The smallest absolute Gasteiger partial charge is 0.287 e. The summed E-state index contributed by atoms with van der Waals surface area (Å²) in [6, 6.07) is 17.6. The molecule has 0 fully saturated rings. The van der Waals surface area contributed by atoms with Crippen LogP contribution in [0.15, 0.2) is 59.0 Å². The van der Waals surface area contributed by atoms with Crippen LogP contribution in [0.4, 0.5) is 0 Å². The molecule has 0 aliphatic heterocycles. The Bertz CT molecular complexity index is 867.